The van der Waals surface area contributed by atoms with Crippen LogP contribution in [0.15, 0.2) is 83.8 Å². The van der Waals surface area contributed by atoms with Gasteiger partial charge >= 0.3 is 0 Å². The number of aryl methyl sites for hydroxylation is 2. The number of carbonyl (C=O) groups excluding carboxylic acids is 1. The van der Waals surface area contributed by atoms with Gasteiger partial charge in [-0.15, -0.1) is 0 Å². The Morgan fingerprint density at radius 3 is 2.49 bits per heavy atom. The van der Waals surface area contributed by atoms with E-state index in [0.29, 0.717) is 17.2 Å². The molecule has 37 heavy (non-hydrogen) atoms. The van der Waals surface area contributed by atoms with E-state index in [4.69, 9.17) is 4.98 Å². The zero-order valence-electron chi connectivity index (χ0n) is 20.3. The Labute approximate surface area is 219 Å². The lowest BCUT2D eigenvalue weighted by atomic mass is 10.0. The minimum atomic E-state index is -3.70. The standard InChI is InChI=1S/C29H25N3O3S2/c1-2-32(18-19-7-4-3-5-8-19)37(34,35)23-15-13-21(14-16-23)28(33)31-29-30-27-24-10-6-9-20-11-12-22(26(20)24)17-25(27)36-29/h3-10,13-17H,2,11-12,18H2,1H3,(H,30,31,33). The molecule has 6 rings (SSSR count). The van der Waals surface area contributed by atoms with Crippen molar-refractivity contribution in [1.29, 1.82) is 0 Å². The van der Waals surface area contributed by atoms with Crippen LogP contribution in [0.3, 0.4) is 0 Å². The Morgan fingerprint density at radius 1 is 0.973 bits per heavy atom. The molecule has 0 saturated carbocycles. The molecule has 1 amide bonds. The number of sulfonamides is 1. The first kappa shape index (κ1) is 23.8. The summed E-state index contributed by atoms with van der Waals surface area (Å²) in [6, 6.07) is 24.1. The fourth-order valence-electron chi connectivity index (χ4n) is 5.01. The Morgan fingerprint density at radius 2 is 1.73 bits per heavy atom. The van der Waals surface area contributed by atoms with Crippen LogP contribution in [-0.2, 0) is 29.4 Å². The van der Waals surface area contributed by atoms with Crippen LogP contribution in [0.2, 0.25) is 0 Å². The number of thiazole rings is 1. The molecule has 0 unspecified atom stereocenters. The molecule has 1 aliphatic rings. The maximum absolute atomic E-state index is 13.2. The predicted molar refractivity (Wildman–Crippen MR) is 149 cm³/mol. The van der Waals surface area contributed by atoms with Crippen LogP contribution >= 0.6 is 11.3 Å². The van der Waals surface area contributed by atoms with Gasteiger partial charge in [0.15, 0.2) is 5.13 Å². The van der Waals surface area contributed by atoms with Gasteiger partial charge in [0.1, 0.15) is 0 Å². The fraction of sp³-hybridized carbons (Fsp3) is 0.172. The number of hydrogen-bond acceptors (Lipinski definition) is 5. The van der Waals surface area contributed by atoms with Crippen molar-refractivity contribution < 1.29 is 13.2 Å². The highest BCUT2D eigenvalue weighted by Crippen LogP contribution is 2.39. The molecule has 0 fully saturated rings. The van der Waals surface area contributed by atoms with E-state index < -0.39 is 10.0 Å². The molecule has 0 atom stereocenters. The fourth-order valence-corrected chi connectivity index (χ4v) is 7.39. The number of nitrogens with zero attached hydrogens (tertiary/aromatic N) is 2. The average molecular weight is 528 g/mol. The first-order chi connectivity index (χ1) is 17.9. The summed E-state index contributed by atoms with van der Waals surface area (Å²) in [7, 11) is -3.70. The molecule has 1 heterocycles. The van der Waals surface area contributed by atoms with E-state index in [-0.39, 0.29) is 17.3 Å². The molecule has 1 N–H and O–H groups in total. The molecule has 5 aromatic rings. The average Bonchev–Trinajstić information content (AvgIpc) is 3.52. The third kappa shape index (κ3) is 4.31. The van der Waals surface area contributed by atoms with Gasteiger partial charge in [-0.05, 0) is 65.3 Å². The van der Waals surface area contributed by atoms with Gasteiger partial charge in [0.25, 0.3) is 5.91 Å². The Bertz CT molecular complexity index is 1740. The van der Waals surface area contributed by atoms with Crippen molar-refractivity contribution in [3.05, 3.63) is 101 Å². The molecule has 0 spiro atoms. The number of carbonyl (C=O) groups is 1. The van der Waals surface area contributed by atoms with Crippen molar-refractivity contribution in [2.45, 2.75) is 31.2 Å². The third-order valence-corrected chi connectivity index (χ3v) is 9.73. The predicted octanol–water partition coefficient (Wildman–Crippen LogP) is 6.01. The van der Waals surface area contributed by atoms with Crippen molar-refractivity contribution in [2.24, 2.45) is 0 Å². The van der Waals surface area contributed by atoms with Crippen LogP contribution in [0.25, 0.3) is 21.0 Å². The normalized spacial score (nSPS) is 13.0. The van der Waals surface area contributed by atoms with Crippen molar-refractivity contribution in [3.8, 4) is 0 Å². The summed E-state index contributed by atoms with van der Waals surface area (Å²) in [4.78, 5) is 17.9. The summed E-state index contributed by atoms with van der Waals surface area (Å²) < 4.78 is 28.9. The third-order valence-electron chi connectivity index (χ3n) is 6.88. The van der Waals surface area contributed by atoms with E-state index in [1.54, 1.807) is 12.1 Å². The van der Waals surface area contributed by atoms with E-state index in [9.17, 15) is 13.2 Å². The van der Waals surface area contributed by atoms with Gasteiger partial charge in [0.05, 0.1) is 15.1 Å². The lowest BCUT2D eigenvalue weighted by Crippen LogP contribution is -2.30. The van der Waals surface area contributed by atoms with Crippen LogP contribution in [0, 0.1) is 0 Å². The largest absolute Gasteiger partial charge is 0.298 e. The van der Waals surface area contributed by atoms with Crippen molar-refractivity contribution in [1.82, 2.24) is 9.29 Å². The van der Waals surface area contributed by atoms with Gasteiger partial charge in [0.2, 0.25) is 10.0 Å². The van der Waals surface area contributed by atoms with Crippen LogP contribution in [-0.4, -0.2) is 30.2 Å². The molecule has 6 nitrogen and oxygen atoms in total. The van der Waals surface area contributed by atoms with E-state index in [2.05, 4.69) is 29.6 Å². The summed E-state index contributed by atoms with van der Waals surface area (Å²) in [6.07, 6.45) is 2.09. The first-order valence-corrected chi connectivity index (χ1v) is 14.5. The molecule has 1 aromatic heterocycles. The van der Waals surface area contributed by atoms with E-state index in [0.717, 1.165) is 34.0 Å². The molecule has 0 saturated heterocycles. The number of hydrogen-bond donors (Lipinski definition) is 1. The molecule has 186 valence electrons. The van der Waals surface area contributed by atoms with Gasteiger partial charge in [0, 0.05) is 24.0 Å². The number of rotatable bonds is 7. The highest BCUT2D eigenvalue weighted by Gasteiger charge is 2.24. The van der Waals surface area contributed by atoms with E-state index >= 15 is 0 Å². The Hall–Kier alpha value is -3.59. The molecule has 0 aliphatic heterocycles. The number of benzene rings is 4. The molecule has 1 aliphatic carbocycles. The molecule has 0 bridgehead atoms. The van der Waals surface area contributed by atoms with Crippen LogP contribution in [0.1, 0.15) is 34.0 Å². The number of fused-ring (bicyclic) bond motifs is 2. The summed E-state index contributed by atoms with van der Waals surface area (Å²) in [5.74, 6) is -0.322. The summed E-state index contributed by atoms with van der Waals surface area (Å²) in [5, 5.41) is 5.85. The van der Waals surface area contributed by atoms with E-state index in [1.165, 1.54) is 44.3 Å². The lowest BCUT2D eigenvalue weighted by Gasteiger charge is -2.20. The van der Waals surface area contributed by atoms with E-state index in [1.807, 2.05) is 37.3 Å². The van der Waals surface area contributed by atoms with Crippen molar-refractivity contribution in [3.63, 3.8) is 0 Å². The SMILES string of the molecule is CCN(Cc1ccccc1)S(=O)(=O)c1ccc(C(=O)Nc2nc3c(cc4c5c(cccc53)CC4)s2)cc1. The number of nitrogens with one attached hydrogen (secondary N) is 1. The lowest BCUT2D eigenvalue weighted by molar-refractivity contribution is 0.102. The molecule has 8 heteroatoms. The van der Waals surface area contributed by atoms with Gasteiger partial charge < -0.3 is 0 Å². The quantitative estimate of drug-likeness (QED) is 0.281. The van der Waals surface area contributed by atoms with Gasteiger partial charge in [-0.2, -0.15) is 4.31 Å². The summed E-state index contributed by atoms with van der Waals surface area (Å²) in [5.41, 5.74) is 4.89. The zero-order valence-corrected chi connectivity index (χ0v) is 21.9. The minimum Gasteiger partial charge on any atom is -0.298 e. The number of aromatic nitrogens is 1. The monoisotopic (exact) mass is 527 g/mol. The molecule has 4 aromatic carbocycles. The van der Waals surface area contributed by atoms with Gasteiger partial charge in [-0.25, -0.2) is 13.4 Å². The Balaban J connectivity index is 1.22. The van der Waals surface area contributed by atoms with Crippen LogP contribution < -0.4 is 5.32 Å². The smallest absolute Gasteiger partial charge is 0.257 e. The summed E-state index contributed by atoms with van der Waals surface area (Å²) >= 11 is 1.46. The van der Waals surface area contributed by atoms with Gasteiger partial charge in [-0.3, -0.25) is 10.1 Å². The highest BCUT2D eigenvalue weighted by atomic mass is 32.2. The van der Waals surface area contributed by atoms with Crippen LogP contribution in [0.5, 0.6) is 0 Å². The summed E-state index contributed by atoms with van der Waals surface area (Å²) in [6.45, 7) is 2.45. The van der Waals surface area contributed by atoms with Crippen molar-refractivity contribution in [2.75, 3.05) is 11.9 Å². The molecule has 0 radical (unpaired) electrons. The van der Waals surface area contributed by atoms with Crippen molar-refractivity contribution >= 4 is 53.4 Å². The topological polar surface area (TPSA) is 79.4 Å². The number of amides is 1. The number of anilines is 1. The first-order valence-electron chi connectivity index (χ1n) is 12.2. The zero-order chi connectivity index (χ0) is 25.6. The van der Waals surface area contributed by atoms with Gasteiger partial charge in [-0.1, -0.05) is 66.8 Å². The maximum atomic E-state index is 13.2. The molecular weight excluding hydrogens is 502 g/mol. The Kier molecular flexibility index (Phi) is 6.03. The second kappa shape index (κ2) is 9.37. The minimum absolute atomic E-state index is 0.158. The second-order valence-corrected chi connectivity index (χ2v) is 12.1. The van der Waals surface area contributed by atoms with Crippen LogP contribution in [0.4, 0.5) is 5.13 Å². The maximum Gasteiger partial charge on any atom is 0.257 e. The molecular formula is C29H25N3O3S2. The highest BCUT2D eigenvalue weighted by molar-refractivity contribution is 7.89. The second-order valence-electron chi connectivity index (χ2n) is 9.14.